The van der Waals surface area contributed by atoms with Gasteiger partial charge in [0, 0.05) is 12.2 Å². The normalized spacial score (nSPS) is 14.4. The lowest BCUT2D eigenvalue weighted by Crippen LogP contribution is -2.06. The fourth-order valence-electron chi connectivity index (χ4n) is 0.640. The van der Waals surface area contributed by atoms with Crippen LogP contribution in [-0.4, -0.2) is 25.5 Å². The largest absolute Gasteiger partial charge is 0.435 e. The highest BCUT2D eigenvalue weighted by molar-refractivity contribution is 7.53. The van der Waals surface area contributed by atoms with Crippen molar-refractivity contribution in [3.05, 3.63) is 12.7 Å². The number of hydrogen-bond acceptors (Lipinski definition) is 5. The van der Waals surface area contributed by atoms with Crippen LogP contribution >= 0.6 is 7.60 Å². The van der Waals surface area contributed by atoms with Crippen LogP contribution in [0.4, 0.5) is 0 Å². The first-order chi connectivity index (χ1) is 6.58. The van der Waals surface area contributed by atoms with Crippen LogP contribution in [0.25, 0.3) is 0 Å². The van der Waals surface area contributed by atoms with Gasteiger partial charge in [-0.05, 0) is 6.92 Å². The number of hydrogen-bond donors (Lipinski definition) is 0. The lowest BCUT2D eigenvalue weighted by molar-refractivity contribution is -0.144. The summed E-state index contributed by atoms with van der Waals surface area (Å²) >= 11 is 0. The Bertz CT molecular complexity index is 238. The third kappa shape index (κ3) is 5.17. The van der Waals surface area contributed by atoms with Crippen LogP contribution in [0, 0.1) is 0 Å². The molecule has 5 nitrogen and oxygen atoms in total. The molecule has 0 aliphatic heterocycles. The van der Waals surface area contributed by atoms with Crippen LogP contribution in [0.2, 0.25) is 0 Å². The van der Waals surface area contributed by atoms with E-state index in [1.807, 2.05) is 0 Å². The number of esters is 1. The topological polar surface area (TPSA) is 61.8 Å². The zero-order valence-electron chi connectivity index (χ0n) is 8.39. The Morgan fingerprint density at radius 1 is 1.43 bits per heavy atom. The van der Waals surface area contributed by atoms with Crippen molar-refractivity contribution in [1.82, 2.24) is 0 Å². The molecular weight excluding hydrogens is 207 g/mol. The van der Waals surface area contributed by atoms with Crippen molar-refractivity contribution in [2.24, 2.45) is 0 Å². The Balaban J connectivity index is 3.89. The van der Waals surface area contributed by atoms with E-state index in [1.54, 1.807) is 13.8 Å². The van der Waals surface area contributed by atoms with E-state index in [9.17, 15) is 9.36 Å². The first kappa shape index (κ1) is 13.4. The molecule has 0 spiro atoms. The van der Waals surface area contributed by atoms with Crippen molar-refractivity contribution >= 4 is 13.6 Å². The molecule has 0 rings (SSSR count). The third-order valence-electron chi connectivity index (χ3n) is 1.33. The lowest BCUT2D eigenvalue weighted by Gasteiger charge is -2.15. The van der Waals surface area contributed by atoms with Crippen LogP contribution in [0.5, 0.6) is 0 Å². The highest BCUT2D eigenvalue weighted by Crippen LogP contribution is 2.47. The lowest BCUT2D eigenvalue weighted by atomic mass is 10.7. The van der Waals surface area contributed by atoms with Crippen LogP contribution in [0.3, 0.4) is 0 Å². The van der Waals surface area contributed by atoms with E-state index >= 15 is 0 Å². The molecule has 0 aromatic heterocycles. The summed E-state index contributed by atoms with van der Waals surface area (Å²) in [5.41, 5.74) is 0. The summed E-state index contributed by atoms with van der Waals surface area (Å²) in [6.45, 7) is 6.50. The maximum atomic E-state index is 11.6. The maximum absolute atomic E-state index is 11.6. The van der Waals surface area contributed by atoms with Gasteiger partial charge in [-0.1, -0.05) is 13.5 Å². The van der Waals surface area contributed by atoms with E-state index in [-0.39, 0.29) is 13.0 Å². The van der Waals surface area contributed by atoms with Gasteiger partial charge in [-0.25, -0.2) is 4.79 Å². The molecule has 0 saturated heterocycles. The molecule has 0 amide bonds. The van der Waals surface area contributed by atoms with Crippen molar-refractivity contribution in [2.75, 3.05) is 19.6 Å². The monoisotopic (exact) mass is 222 g/mol. The summed E-state index contributed by atoms with van der Waals surface area (Å²) in [6, 6.07) is 0. The predicted octanol–water partition coefficient (Wildman–Crippen LogP) is 1.94. The number of carbonyl (C=O) groups excluding carboxylic acids is 1. The number of rotatable bonds is 7. The van der Waals surface area contributed by atoms with E-state index < -0.39 is 13.6 Å². The minimum absolute atomic E-state index is 0.243. The Hall–Kier alpha value is -0.640. The Morgan fingerprint density at radius 2 is 2.07 bits per heavy atom. The van der Waals surface area contributed by atoms with Gasteiger partial charge in [0.05, 0.1) is 6.61 Å². The van der Waals surface area contributed by atoms with Crippen LogP contribution < -0.4 is 0 Å². The maximum Gasteiger partial charge on any atom is 0.333 e. The molecule has 0 aromatic rings. The van der Waals surface area contributed by atoms with Crippen molar-refractivity contribution < 1.29 is 23.1 Å². The summed E-state index contributed by atoms with van der Waals surface area (Å²) in [7, 11) is -3.08. The molecule has 1 unspecified atom stereocenters. The van der Waals surface area contributed by atoms with Crippen LogP contribution in [-0.2, 0) is 23.1 Å². The molecule has 0 aliphatic carbocycles. The summed E-state index contributed by atoms with van der Waals surface area (Å²) in [6.07, 6.45) is 1.24. The van der Waals surface area contributed by atoms with E-state index in [4.69, 9.17) is 9.05 Å². The molecule has 0 aromatic carbocycles. The highest BCUT2D eigenvalue weighted by Gasteiger charge is 2.21. The van der Waals surface area contributed by atoms with E-state index in [0.717, 1.165) is 6.08 Å². The first-order valence-electron chi connectivity index (χ1n) is 4.25. The summed E-state index contributed by atoms with van der Waals surface area (Å²) in [4.78, 5) is 10.6. The zero-order valence-corrected chi connectivity index (χ0v) is 9.29. The highest BCUT2D eigenvalue weighted by atomic mass is 31.2. The molecule has 6 heteroatoms. The van der Waals surface area contributed by atoms with E-state index in [2.05, 4.69) is 11.3 Å². The molecule has 0 saturated carbocycles. The second-order valence-electron chi connectivity index (χ2n) is 2.26. The van der Waals surface area contributed by atoms with Crippen LogP contribution in [0.1, 0.15) is 13.8 Å². The average molecular weight is 222 g/mol. The van der Waals surface area contributed by atoms with Gasteiger partial charge in [0.1, 0.15) is 0 Å². The van der Waals surface area contributed by atoms with Crippen molar-refractivity contribution in [3.63, 3.8) is 0 Å². The Labute approximate surface area is 83.6 Å². The standard InChI is InChI=1S/C8H15O5P/c1-4-8(9)11-7-13-14(10,6-3)12-5-2/h4H,1,5-7H2,2-3H3. The second kappa shape index (κ2) is 6.76. The van der Waals surface area contributed by atoms with Crippen LogP contribution in [0.15, 0.2) is 12.7 Å². The van der Waals surface area contributed by atoms with Crippen molar-refractivity contribution in [2.45, 2.75) is 13.8 Å². The predicted molar refractivity (Wildman–Crippen MR) is 52.0 cm³/mol. The fourth-order valence-corrected chi connectivity index (χ4v) is 1.69. The molecular formula is C8H15O5P. The van der Waals surface area contributed by atoms with Gasteiger partial charge in [0.25, 0.3) is 0 Å². The zero-order chi connectivity index (χ0) is 11.0. The van der Waals surface area contributed by atoms with Gasteiger partial charge in [-0.15, -0.1) is 0 Å². The van der Waals surface area contributed by atoms with Gasteiger partial charge in [-0.2, -0.15) is 0 Å². The Kier molecular flexibility index (Phi) is 6.45. The first-order valence-corrected chi connectivity index (χ1v) is 5.98. The quantitative estimate of drug-likeness (QED) is 0.285. The molecule has 0 aliphatic rings. The minimum atomic E-state index is -3.08. The molecule has 1 atom stereocenters. The molecule has 0 N–H and O–H groups in total. The third-order valence-corrected chi connectivity index (χ3v) is 3.26. The molecule has 0 radical (unpaired) electrons. The van der Waals surface area contributed by atoms with Crippen molar-refractivity contribution in [3.8, 4) is 0 Å². The second-order valence-corrected chi connectivity index (χ2v) is 4.63. The van der Waals surface area contributed by atoms with E-state index in [0.29, 0.717) is 6.61 Å². The summed E-state index contributed by atoms with van der Waals surface area (Å²) < 4.78 is 25.8. The smallest absolute Gasteiger partial charge is 0.333 e. The fraction of sp³-hybridized carbons (Fsp3) is 0.625. The van der Waals surface area contributed by atoms with Gasteiger partial charge < -0.3 is 9.26 Å². The van der Waals surface area contributed by atoms with Gasteiger partial charge in [0.15, 0.2) is 0 Å². The van der Waals surface area contributed by atoms with Crippen molar-refractivity contribution in [1.29, 1.82) is 0 Å². The molecule has 0 bridgehead atoms. The number of carbonyl (C=O) groups is 1. The SMILES string of the molecule is C=CC(=O)OCOP(=O)(CC)OCC. The average Bonchev–Trinajstić information content (AvgIpc) is 2.18. The minimum Gasteiger partial charge on any atom is -0.435 e. The van der Waals surface area contributed by atoms with Gasteiger partial charge >= 0.3 is 13.6 Å². The summed E-state index contributed by atoms with van der Waals surface area (Å²) in [5, 5.41) is 0. The molecule has 82 valence electrons. The van der Waals surface area contributed by atoms with Gasteiger partial charge in [-0.3, -0.25) is 9.09 Å². The molecule has 0 heterocycles. The Morgan fingerprint density at radius 3 is 2.50 bits per heavy atom. The van der Waals surface area contributed by atoms with E-state index in [1.165, 1.54) is 0 Å². The van der Waals surface area contributed by atoms with Gasteiger partial charge in [0.2, 0.25) is 6.79 Å². The summed E-state index contributed by atoms with van der Waals surface area (Å²) in [5.74, 6) is -0.621. The number of ether oxygens (including phenoxy) is 1. The molecule has 0 fully saturated rings. The molecule has 14 heavy (non-hydrogen) atoms.